The molecule has 2 rings (SSSR count). The number of rotatable bonds is 3. The highest BCUT2D eigenvalue weighted by atomic mass is 19.1. The maximum absolute atomic E-state index is 14.5. The van der Waals surface area contributed by atoms with Crippen LogP contribution < -0.4 is 5.32 Å². The van der Waals surface area contributed by atoms with Crippen LogP contribution in [0.15, 0.2) is 0 Å². The van der Waals surface area contributed by atoms with Crippen LogP contribution in [0.25, 0.3) is 0 Å². The molecular formula is C14H25FN2O3. The number of hydrogen-bond acceptors (Lipinski definition) is 4. The monoisotopic (exact) mass is 288 g/mol. The Morgan fingerprint density at radius 1 is 1.35 bits per heavy atom. The molecular weight excluding hydrogens is 263 g/mol. The van der Waals surface area contributed by atoms with Gasteiger partial charge in [-0.15, -0.1) is 0 Å². The number of halogens is 1. The lowest BCUT2D eigenvalue weighted by atomic mass is 9.94. The Kier molecular flexibility index (Phi) is 4.54. The van der Waals surface area contributed by atoms with E-state index in [1.807, 2.05) is 20.8 Å². The molecule has 0 atom stereocenters. The summed E-state index contributed by atoms with van der Waals surface area (Å²) in [4.78, 5) is 13.5. The molecule has 0 saturated carbocycles. The summed E-state index contributed by atoms with van der Waals surface area (Å²) in [7, 11) is 0. The van der Waals surface area contributed by atoms with Crippen molar-refractivity contribution in [1.82, 2.24) is 10.2 Å². The fourth-order valence-electron chi connectivity index (χ4n) is 2.21. The second kappa shape index (κ2) is 5.85. The largest absolute Gasteiger partial charge is 0.444 e. The lowest BCUT2D eigenvalue weighted by Crippen LogP contribution is -2.52. The van der Waals surface area contributed by atoms with Gasteiger partial charge in [-0.2, -0.15) is 0 Å². The second-order valence-corrected chi connectivity index (χ2v) is 6.71. The minimum absolute atomic E-state index is 0.126. The van der Waals surface area contributed by atoms with E-state index in [4.69, 9.17) is 9.47 Å². The molecule has 2 fully saturated rings. The smallest absolute Gasteiger partial charge is 0.410 e. The number of likely N-dealkylation sites (tertiary alicyclic amines) is 1. The number of ether oxygens (including phenoxy) is 2. The van der Waals surface area contributed by atoms with Crippen LogP contribution in [0.1, 0.15) is 33.6 Å². The van der Waals surface area contributed by atoms with Crippen molar-refractivity contribution in [2.45, 2.75) is 51.0 Å². The van der Waals surface area contributed by atoms with Crippen molar-refractivity contribution >= 4 is 6.09 Å². The highest BCUT2D eigenvalue weighted by Crippen LogP contribution is 2.28. The molecule has 0 aromatic carbocycles. The van der Waals surface area contributed by atoms with Crippen LogP contribution in [0.2, 0.25) is 0 Å². The first-order valence-electron chi connectivity index (χ1n) is 7.27. The average molecular weight is 288 g/mol. The van der Waals surface area contributed by atoms with Gasteiger partial charge in [0, 0.05) is 39.0 Å². The second-order valence-electron chi connectivity index (χ2n) is 6.71. The molecule has 116 valence electrons. The van der Waals surface area contributed by atoms with Crippen molar-refractivity contribution in [2.75, 3.05) is 32.8 Å². The zero-order valence-electron chi connectivity index (χ0n) is 12.6. The molecule has 0 bridgehead atoms. The van der Waals surface area contributed by atoms with Crippen LogP contribution in [0.3, 0.4) is 0 Å². The molecule has 6 heteroatoms. The average Bonchev–Trinajstić information content (AvgIpc) is 2.25. The van der Waals surface area contributed by atoms with Crippen LogP contribution in [0.4, 0.5) is 9.18 Å². The predicted octanol–water partition coefficient (Wildman–Crippen LogP) is 1.71. The van der Waals surface area contributed by atoms with Crippen LogP contribution in [-0.4, -0.2) is 61.2 Å². The van der Waals surface area contributed by atoms with E-state index >= 15 is 0 Å². The van der Waals surface area contributed by atoms with E-state index in [1.54, 1.807) is 4.90 Å². The minimum atomic E-state index is -1.31. The molecule has 0 radical (unpaired) electrons. The van der Waals surface area contributed by atoms with E-state index in [1.165, 1.54) is 0 Å². The van der Waals surface area contributed by atoms with Gasteiger partial charge in [-0.25, -0.2) is 9.18 Å². The highest BCUT2D eigenvalue weighted by molar-refractivity contribution is 5.68. The quantitative estimate of drug-likeness (QED) is 0.859. The molecule has 1 amide bonds. The van der Waals surface area contributed by atoms with Crippen LogP contribution in [0, 0.1) is 0 Å². The zero-order chi connectivity index (χ0) is 14.8. The summed E-state index contributed by atoms with van der Waals surface area (Å²) >= 11 is 0. The summed E-state index contributed by atoms with van der Waals surface area (Å²) < 4.78 is 25.4. The van der Waals surface area contributed by atoms with Gasteiger partial charge in [0.25, 0.3) is 0 Å². The maximum atomic E-state index is 14.5. The molecule has 5 nitrogen and oxygen atoms in total. The molecule has 0 unspecified atom stereocenters. The molecule has 2 aliphatic rings. The first kappa shape index (κ1) is 15.5. The third-order valence-electron chi connectivity index (χ3n) is 3.63. The topological polar surface area (TPSA) is 50.8 Å². The Labute approximate surface area is 119 Å². The van der Waals surface area contributed by atoms with Crippen LogP contribution >= 0.6 is 0 Å². The van der Waals surface area contributed by atoms with Gasteiger partial charge in [-0.05, 0) is 20.8 Å². The highest BCUT2D eigenvalue weighted by Gasteiger charge is 2.38. The maximum Gasteiger partial charge on any atom is 0.410 e. The van der Waals surface area contributed by atoms with E-state index < -0.39 is 11.3 Å². The van der Waals surface area contributed by atoms with Crippen molar-refractivity contribution in [3.8, 4) is 0 Å². The molecule has 0 aliphatic carbocycles. The van der Waals surface area contributed by atoms with Gasteiger partial charge in [0.2, 0.25) is 0 Å². The van der Waals surface area contributed by atoms with Crippen molar-refractivity contribution in [3.05, 3.63) is 0 Å². The predicted molar refractivity (Wildman–Crippen MR) is 73.5 cm³/mol. The molecule has 2 saturated heterocycles. The van der Waals surface area contributed by atoms with Crippen LogP contribution in [-0.2, 0) is 9.47 Å². The van der Waals surface area contributed by atoms with Gasteiger partial charge < -0.3 is 19.7 Å². The van der Waals surface area contributed by atoms with Crippen molar-refractivity contribution in [2.24, 2.45) is 0 Å². The molecule has 2 heterocycles. The number of carbonyl (C=O) groups excluding carboxylic acids is 1. The van der Waals surface area contributed by atoms with Gasteiger partial charge in [0.1, 0.15) is 11.3 Å². The Balaban J connectivity index is 1.74. The number of amides is 1. The van der Waals surface area contributed by atoms with E-state index in [9.17, 15) is 9.18 Å². The number of nitrogens with one attached hydrogen (secondary N) is 1. The molecule has 20 heavy (non-hydrogen) atoms. The molecule has 1 N–H and O–H groups in total. The fraction of sp³-hybridized carbons (Fsp3) is 0.929. The third kappa shape index (κ3) is 4.31. The zero-order valence-corrected chi connectivity index (χ0v) is 12.6. The fourth-order valence-corrected chi connectivity index (χ4v) is 2.21. The lowest BCUT2D eigenvalue weighted by Gasteiger charge is -2.38. The summed E-state index contributed by atoms with van der Waals surface area (Å²) in [6.07, 6.45) is 0.411. The number of alkyl halides is 1. The van der Waals surface area contributed by atoms with Crippen molar-refractivity contribution < 1.29 is 18.7 Å². The van der Waals surface area contributed by atoms with E-state index in [-0.39, 0.29) is 18.8 Å². The van der Waals surface area contributed by atoms with Crippen molar-refractivity contribution in [1.29, 1.82) is 0 Å². The van der Waals surface area contributed by atoms with E-state index in [0.717, 1.165) is 13.1 Å². The van der Waals surface area contributed by atoms with Gasteiger partial charge in [-0.1, -0.05) is 0 Å². The molecule has 2 aliphatic heterocycles. The van der Waals surface area contributed by atoms with Crippen LogP contribution in [0.5, 0.6) is 0 Å². The summed E-state index contributed by atoms with van der Waals surface area (Å²) in [6, 6.07) is 0. The van der Waals surface area contributed by atoms with Gasteiger partial charge in [-0.3, -0.25) is 0 Å². The van der Waals surface area contributed by atoms with E-state index in [2.05, 4.69) is 5.32 Å². The summed E-state index contributed by atoms with van der Waals surface area (Å²) in [5.74, 6) is 0. The normalized spacial score (nSPS) is 23.3. The molecule has 0 aromatic heterocycles. The number of carbonyl (C=O) groups is 1. The Hall–Kier alpha value is -0.880. The third-order valence-corrected chi connectivity index (χ3v) is 3.63. The van der Waals surface area contributed by atoms with Gasteiger partial charge >= 0.3 is 6.09 Å². The molecule has 0 aromatic rings. The Bertz CT molecular complexity index is 345. The van der Waals surface area contributed by atoms with E-state index in [0.29, 0.717) is 25.9 Å². The summed E-state index contributed by atoms with van der Waals surface area (Å²) in [5.41, 5.74) is -1.82. The van der Waals surface area contributed by atoms with Gasteiger partial charge in [0.15, 0.2) is 0 Å². The Morgan fingerprint density at radius 2 is 1.95 bits per heavy atom. The van der Waals surface area contributed by atoms with Crippen molar-refractivity contribution in [3.63, 3.8) is 0 Å². The number of nitrogens with zero attached hydrogens (tertiary/aromatic N) is 1. The van der Waals surface area contributed by atoms with Gasteiger partial charge in [0.05, 0.1) is 12.7 Å². The first-order chi connectivity index (χ1) is 9.27. The Morgan fingerprint density at radius 3 is 2.40 bits per heavy atom. The lowest BCUT2D eigenvalue weighted by molar-refractivity contribution is -0.0692. The molecule has 0 spiro atoms. The number of piperidine rings is 1. The SMILES string of the molecule is CC(C)(C)OC(=O)N1CCC(F)(COC2CNC2)CC1. The number of hydrogen-bond donors (Lipinski definition) is 1. The first-order valence-corrected chi connectivity index (χ1v) is 7.27. The minimum Gasteiger partial charge on any atom is -0.444 e. The standard InChI is InChI=1S/C14H25FN2O3/c1-13(2,3)20-12(18)17-6-4-14(15,5-7-17)10-19-11-8-16-9-11/h11,16H,4-10H2,1-3H3. The summed E-state index contributed by atoms with van der Waals surface area (Å²) in [5, 5.41) is 3.09. The summed E-state index contributed by atoms with van der Waals surface area (Å²) in [6.45, 7) is 8.00.